The van der Waals surface area contributed by atoms with E-state index in [4.69, 9.17) is 19.7 Å². The quantitative estimate of drug-likeness (QED) is 0.502. The van der Waals surface area contributed by atoms with Gasteiger partial charge in [0.15, 0.2) is 0 Å². The summed E-state index contributed by atoms with van der Waals surface area (Å²) in [6.07, 6.45) is -4.56. The lowest BCUT2D eigenvalue weighted by atomic mass is 10.1. The first-order valence-corrected chi connectivity index (χ1v) is 10.1. The molecule has 3 rings (SSSR count). The number of rotatable bonds is 2. The molecule has 1 fully saturated rings. The summed E-state index contributed by atoms with van der Waals surface area (Å²) in [5.74, 6) is 0.753. The van der Waals surface area contributed by atoms with Crippen molar-refractivity contribution in [3.63, 3.8) is 0 Å². The summed E-state index contributed by atoms with van der Waals surface area (Å²) >= 11 is 0. The minimum absolute atomic E-state index is 0.0608. The van der Waals surface area contributed by atoms with Crippen LogP contribution >= 0.6 is 0 Å². The monoisotopic (exact) mass is 424 g/mol. The summed E-state index contributed by atoms with van der Waals surface area (Å²) < 4.78 is 10.5. The van der Waals surface area contributed by atoms with E-state index in [0.717, 1.165) is 11.1 Å². The summed E-state index contributed by atoms with van der Waals surface area (Å²) in [5.41, 5.74) is 1.95. The average Bonchev–Trinajstić information content (AvgIpc) is 2.72. The van der Waals surface area contributed by atoms with Crippen LogP contribution in [-0.4, -0.2) is 56.7 Å². The summed E-state index contributed by atoms with van der Waals surface area (Å²) in [6, 6.07) is 11.7. The van der Waals surface area contributed by atoms with Crippen LogP contribution in [-0.2, 0) is 4.74 Å². The molecule has 0 unspecified atom stereocenters. The van der Waals surface area contributed by atoms with Crippen LogP contribution < -0.4 is 4.74 Å². The third-order valence-electron chi connectivity index (χ3n) is 3.77. The third-order valence-corrected chi connectivity index (χ3v) is 3.77. The highest BCUT2D eigenvalue weighted by Crippen LogP contribution is 2.21. The highest BCUT2D eigenvalue weighted by atomic mass is 16.7. The molecule has 4 atom stereocenters. The van der Waals surface area contributed by atoms with Gasteiger partial charge in [-0.25, -0.2) is 0 Å². The zero-order valence-electron chi connectivity index (χ0n) is 18.6. The van der Waals surface area contributed by atoms with Crippen LogP contribution in [0.1, 0.15) is 38.8 Å². The Morgan fingerprint density at radius 2 is 1.27 bits per heavy atom. The van der Waals surface area contributed by atoms with E-state index in [1.807, 2.05) is 46.8 Å². The van der Waals surface area contributed by atoms with Crippen LogP contribution in [0.2, 0.25) is 0 Å². The summed E-state index contributed by atoms with van der Waals surface area (Å²) in [7, 11) is 0. The number of hydrogen-bond acceptors (Lipinski definition) is 7. The van der Waals surface area contributed by atoms with Crippen molar-refractivity contribution < 1.29 is 35.0 Å². The molecule has 170 valence electrons. The minimum atomic E-state index is -1.26. The number of aromatic hydroxyl groups is 2. The fourth-order valence-corrected chi connectivity index (χ4v) is 2.38. The average molecular weight is 425 g/mol. The van der Waals surface area contributed by atoms with E-state index in [-0.39, 0.29) is 18.1 Å². The highest BCUT2D eigenvalue weighted by molar-refractivity contribution is 5.35. The Balaban J connectivity index is 0.000000547. The summed E-state index contributed by atoms with van der Waals surface area (Å²) in [4.78, 5) is 0. The largest absolute Gasteiger partial charge is 0.508 e. The lowest BCUT2D eigenvalue weighted by Gasteiger charge is -2.34. The predicted molar refractivity (Wildman–Crippen MR) is 117 cm³/mol. The number of phenols is 2. The van der Waals surface area contributed by atoms with Gasteiger partial charge in [-0.2, -0.15) is 0 Å². The van der Waals surface area contributed by atoms with Crippen LogP contribution in [0.25, 0.3) is 0 Å². The molecule has 1 saturated heterocycles. The standard InChI is InChI=1S/C12H16O5.C7H8O2.2C2H6/c1-7-2-4-8(5-3-7)17-12-11(15)10(14)9(13)6-16-12;1-5-2-6(8)4-7(9)3-5;2*1-2/h2-5,9-15H,6H2,1H3;2-4,8-9H,1H3;2*1-2H3/t9-,10+,11-,12-;;;/m1.../s1. The molecule has 0 spiro atoms. The predicted octanol–water partition coefficient (Wildman–Crippen LogP) is 3.27. The number of ether oxygens (including phenoxy) is 2. The van der Waals surface area contributed by atoms with Crippen molar-refractivity contribution in [2.24, 2.45) is 0 Å². The van der Waals surface area contributed by atoms with E-state index in [2.05, 4.69) is 0 Å². The van der Waals surface area contributed by atoms with Crippen LogP contribution in [0.4, 0.5) is 0 Å². The van der Waals surface area contributed by atoms with Crippen molar-refractivity contribution >= 4 is 0 Å². The van der Waals surface area contributed by atoms with Gasteiger partial charge in [0.25, 0.3) is 0 Å². The molecule has 0 aromatic heterocycles. The topological polar surface area (TPSA) is 120 Å². The molecule has 2 aromatic carbocycles. The maximum Gasteiger partial charge on any atom is 0.228 e. The number of aliphatic hydroxyl groups is 3. The van der Waals surface area contributed by atoms with Gasteiger partial charge in [0.1, 0.15) is 35.6 Å². The molecule has 0 bridgehead atoms. The Bertz CT molecular complexity index is 653. The van der Waals surface area contributed by atoms with Gasteiger partial charge in [0.05, 0.1) is 6.61 Å². The van der Waals surface area contributed by atoms with Crippen molar-refractivity contribution in [3.8, 4) is 17.2 Å². The van der Waals surface area contributed by atoms with E-state index in [0.29, 0.717) is 5.75 Å². The molecule has 0 saturated carbocycles. The normalized spacial score (nSPS) is 22.2. The molecule has 1 aliphatic heterocycles. The first-order chi connectivity index (χ1) is 14.3. The third kappa shape index (κ3) is 9.45. The molecule has 7 heteroatoms. The highest BCUT2D eigenvalue weighted by Gasteiger charge is 2.38. The van der Waals surface area contributed by atoms with Crippen molar-refractivity contribution in [2.75, 3.05) is 6.61 Å². The molecule has 0 radical (unpaired) electrons. The van der Waals surface area contributed by atoms with Crippen molar-refractivity contribution in [3.05, 3.63) is 53.6 Å². The molecular formula is C23H36O7. The van der Waals surface area contributed by atoms with Gasteiger partial charge in [-0.3, -0.25) is 0 Å². The Morgan fingerprint density at radius 1 is 0.767 bits per heavy atom. The van der Waals surface area contributed by atoms with Crippen LogP contribution in [0.15, 0.2) is 42.5 Å². The van der Waals surface area contributed by atoms with Gasteiger partial charge >= 0.3 is 0 Å². The van der Waals surface area contributed by atoms with Gasteiger partial charge in [-0.15, -0.1) is 0 Å². The molecule has 0 aliphatic carbocycles. The number of aliphatic hydroxyl groups excluding tert-OH is 3. The molecule has 1 aliphatic rings. The molecule has 1 heterocycles. The van der Waals surface area contributed by atoms with Crippen LogP contribution in [0.3, 0.4) is 0 Å². The zero-order chi connectivity index (χ0) is 23.3. The Labute approximate surface area is 179 Å². The molecule has 30 heavy (non-hydrogen) atoms. The lowest BCUT2D eigenvalue weighted by Crippen LogP contribution is -2.54. The zero-order valence-corrected chi connectivity index (χ0v) is 18.6. The Morgan fingerprint density at radius 3 is 1.73 bits per heavy atom. The second-order valence-electron chi connectivity index (χ2n) is 6.21. The second kappa shape index (κ2) is 14.6. The Hall–Kier alpha value is -2.32. The molecule has 5 N–H and O–H groups in total. The van der Waals surface area contributed by atoms with Gasteiger partial charge in [0, 0.05) is 6.07 Å². The van der Waals surface area contributed by atoms with Gasteiger partial charge in [-0.05, 0) is 43.7 Å². The SMILES string of the molecule is CC.CC.Cc1cc(O)cc(O)c1.Cc1ccc(O[C@H]2OC[C@@H](O)[C@H](O)[C@H]2O)cc1. The first kappa shape index (κ1) is 27.7. The lowest BCUT2D eigenvalue weighted by molar-refractivity contribution is -0.242. The molecule has 2 aromatic rings. The van der Waals surface area contributed by atoms with Crippen LogP contribution in [0.5, 0.6) is 17.2 Å². The maximum atomic E-state index is 9.66. The van der Waals surface area contributed by atoms with Crippen molar-refractivity contribution in [1.29, 1.82) is 0 Å². The number of hydrogen-bond donors (Lipinski definition) is 5. The molecule has 7 nitrogen and oxygen atoms in total. The van der Waals surface area contributed by atoms with E-state index in [1.54, 1.807) is 31.2 Å². The van der Waals surface area contributed by atoms with Gasteiger partial charge in [-0.1, -0.05) is 45.4 Å². The van der Waals surface area contributed by atoms with Crippen molar-refractivity contribution in [2.45, 2.75) is 66.1 Å². The van der Waals surface area contributed by atoms with Crippen molar-refractivity contribution in [1.82, 2.24) is 0 Å². The van der Waals surface area contributed by atoms with E-state index >= 15 is 0 Å². The number of aryl methyl sites for hydroxylation is 2. The minimum Gasteiger partial charge on any atom is -0.508 e. The second-order valence-corrected chi connectivity index (χ2v) is 6.21. The molecular weight excluding hydrogens is 388 g/mol. The number of phenolic OH excluding ortho intramolecular Hbond substituents is 2. The molecule has 0 amide bonds. The maximum absolute atomic E-state index is 9.66. The van der Waals surface area contributed by atoms with E-state index in [9.17, 15) is 15.3 Å². The first-order valence-electron chi connectivity index (χ1n) is 10.1. The fourth-order valence-electron chi connectivity index (χ4n) is 2.38. The van der Waals surface area contributed by atoms with E-state index in [1.165, 1.54) is 6.07 Å². The fraction of sp³-hybridized carbons (Fsp3) is 0.478. The van der Waals surface area contributed by atoms with E-state index < -0.39 is 24.6 Å². The van der Waals surface area contributed by atoms with Crippen LogP contribution in [0, 0.1) is 13.8 Å². The summed E-state index contributed by atoms with van der Waals surface area (Å²) in [6.45, 7) is 11.7. The Kier molecular flexibility index (Phi) is 13.5. The van der Waals surface area contributed by atoms with Gasteiger partial charge in [0.2, 0.25) is 6.29 Å². The summed E-state index contributed by atoms with van der Waals surface area (Å²) in [5, 5.41) is 46.1. The smallest absolute Gasteiger partial charge is 0.228 e. The van der Waals surface area contributed by atoms with Gasteiger partial charge < -0.3 is 35.0 Å². The number of benzene rings is 2.